The lowest BCUT2D eigenvalue weighted by Gasteiger charge is -2.16. The van der Waals surface area contributed by atoms with E-state index in [1.165, 1.54) is 5.56 Å². The van der Waals surface area contributed by atoms with Gasteiger partial charge in [0.25, 0.3) is 0 Å². The maximum Gasteiger partial charge on any atom is 0.241 e. The fourth-order valence-corrected chi connectivity index (χ4v) is 4.18. The Balaban J connectivity index is 2.21. The summed E-state index contributed by atoms with van der Waals surface area (Å²) in [6.45, 7) is 7.74. The minimum Gasteiger partial charge on any atom is -0.207 e. The van der Waals surface area contributed by atoms with Crippen molar-refractivity contribution in [1.29, 1.82) is 0 Å². The molecular formula is C19H25NO2S. The summed E-state index contributed by atoms with van der Waals surface area (Å²) in [6.07, 6.45) is 2.15. The van der Waals surface area contributed by atoms with Gasteiger partial charge in [-0.3, -0.25) is 0 Å². The summed E-state index contributed by atoms with van der Waals surface area (Å²) in [5.74, 6) is 0. The van der Waals surface area contributed by atoms with Gasteiger partial charge in [-0.1, -0.05) is 49.7 Å². The van der Waals surface area contributed by atoms with E-state index in [1.54, 1.807) is 6.07 Å². The monoisotopic (exact) mass is 331 g/mol. The number of nitrogens with one attached hydrogen (secondary N) is 1. The van der Waals surface area contributed by atoms with Gasteiger partial charge in [-0.2, -0.15) is 0 Å². The molecule has 3 nitrogen and oxygen atoms in total. The largest absolute Gasteiger partial charge is 0.241 e. The van der Waals surface area contributed by atoms with Crippen LogP contribution in [-0.2, 0) is 16.4 Å². The zero-order valence-electron chi connectivity index (χ0n) is 14.3. The molecule has 1 unspecified atom stereocenters. The first-order valence-corrected chi connectivity index (χ1v) is 9.50. The first kappa shape index (κ1) is 17.7. The van der Waals surface area contributed by atoms with Crippen LogP contribution in [0.25, 0.3) is 0 Å². The summed E-state index contributed by atoms with van der Waals surface area (Å²) in [4.78, 5) is 0.354. The summed E-state index contributed by atoms with van der Waals surface area (Å²) in [5.41, 5.74) is 3.95. The van der Waals surface area contributed by atoms with E-state index < -0.39 is 10.0 Å². The Kier molecular flexibility index (Phi) is 5.60. The first-order valence-electron chi connectivity index (χ1n) is 8.02. The van der Waals surface area contributed by atoms with Gasteiger partial charge >= 0.3 is 0 Å². The Labute approximate surface area is 139 Å². The SMILES string of the molecule is CCCc1ccc(C(C)NS(=O)(=O)c2cc(C)ccc2C)cc1. The minimum absolute atomic E-state index is 0.268. The van der Waals surface area contributed by atoms with Crippen LogP contribution in [-0.4, -0.2) is 8.42 Å². The maximum absolute atomic E-state index is 12.6. The van der Waals surface area contributed by atoms with Gasteiger partial charge in [-0.05, 0) is 55.5 Å². The minimum atomic E-state index is -3.53. The Morgan fingerprint density at radius 1 is 1.04 bits per heavy atom. The van der Waals surface area contributed by atoms with Gasteiger partial charge in [0, 0.05) is 6.04 Å². The average Bonchev–Trinajstić information content (AvgIpc) is 2.50. The molecule has 2 rings (SSSR count). The molecule has 0 aliphatic carbocycles. The molecule has 2 aromatic carbocycles. The normalized spacial score (nSPS) is 13.0. The van der Waals surface area contributed by atoms with Gasteiger partial charge in [0.15, 0.2) is 0 Å². The van der Waals surface area contributed by atoms with E-state index in [2.05, 4.69) is 23.8 Å². The number of hydrogen-bond acceptors (Lipinski definition) is 2. The zero-order valence-corrected chi connectivity index (χ0v) is 15.1. The highest BCUT2D eigenvalue weighted by Crippen LogP contribution is 2.21. The molecule has 0 saturated carbocycles. The average molecular weight is 331 g/mol. The smallest absolute Gasteiger partial charge is 0.207 e. The first-order chi connectivity index (χ1) is 10.8. The Bertz CT molecular complexity index is 764. The molecule has 124 valence electrons. The van der Waals surface area contributed by atoms with Gasteiger partial charge in [0.2, 0.25) is 10.0 Å². The van der Waals surface area contributed by atoms with Crippen LogP contribution in [0.2, 0.25) is 0 Å². The number of sulfonamides is 1. The molecule has 0 spiro atoms. The molecule has 0 bridgehead atoms. The number of benzene rings is 2. The molecule has 0 aliphatic heterocycles. The third kappa shape index (κ3) is 4.43. The van der Waals surface area contributed by atoms with Crippen molar-refractivity contribution in [2.45, 2.75) is 51.5 Å². The van der Waals surface area contributed by atoms with E-state index in [0.29, 0.717) is 4.90 Å². The lowest BCUT2D eigenvalue weighted by molar-refractivity contribution is 0.566. The Hall–Kier alpha value is -1.65. The molecule has 1 atom stereocenters. The molecule has 0 fully saturated rings. The summed E-state index contributed by atoms with van der Waals surface area (Å²) < 4.78 is 28.1. The highest BCUT2D eigenvalue weighted by atomic mass is 32.2. The van der Waals surface area contributed by atoms with Crippen LogP contribution in [0.15, 0.2) is 47.4 Å². The fraction of sp³-hybridized carbons (Fsp3) is 0.368. The van der Waals surface area contributed by atoms with E-state index in [-0.39, 0.29) is 6.04 Å². The van der Waals surface area contributed by atoms with E-state index in [9.17, 15) is 8.42 Å². The standard InChI is InChI=1S/C19H25NO2S/c1-5-6-17-9-11-18(12-10-17)16(4)20-23(21,22)19-13-14(2)7-8-15(19)3/h7-13,16,20H,5-6H2,1-4H3. The molecule has 23 heavy (non-hydrogen) atoms. The number of aryl methyl sites for hydroxylation is 3. The lowest BCUT2D eigenvalue weighted by atomic mass is 10.0. The van der Waals surface area contributed by atoms with E-state index in [1.807, 2.05) is 45.0 Å². The van der Waals surface area contributed by atoms with Crippen LogP contribution in [0.5, 0.6) is 0 Å². The number of hydrogen-bond donors (Lipinski definition) is 1. The molecule has 4 heteroatoms. The summed E-state index contributed by atoms with van der Waals surface area (Å²) >= 11 is 0. The van der Waals surface area contributed by atoms with Gasteiger partial charge < -0.3 is 0 Å². The summed E-state index contributed by atoms with van der Waals surface area (Å²) in [5, 5.41) is 0. The zero-order chi connectivity index (χ0) is 17.0. The predicted octanol–water partition coefficient (Wildman–Crippen LogP) is 4.30. The molecule has 2 aromatic rings. The van der Waals surface area contributed by atoms with Crippen molar-refractivity contribution >= 4 is 10.0 Å². The predicted molar refractivity (Wildman–Crippen MR) is 95.1 cm³/mol. The molecule has 0 aromatic heterocycles. The van der Waals surface area contributed by atoms with Gasteiger partial charge in [0.05, 0.1) is 4.90 Å². The van der Waals surface area contributed by atoms with Gasteiger partial charge in [0.1, 0.15) is 0 Å². The van der Waals surface area contributed by atoms with E-state index >= 15 is 0 Å². The van der Waals surface area contributed by atoms with Crippen LogP contribution in [0.3, 0.4) is 0 Å². The molecule has 0 radical (unpaired) electrons. The number of rotatable bonds is 6. The van der Waals surface area contributed by atoms with Crippen molar-refractivity contribution < 1.29 is 8.42 Å². The van der Waals surface area contributed by atoms with Crippen LogP contribution < -0.4 is 4.72 Å². The van der Waals surface area contributed by atoms with E-state index in [4.69, 9.17) is 0 Å². The Morgan fingerprint density at radius 2 is 1.70 bits per heavy atom. The molecule has 1 N–H and O–H groups in total. The van der Waals surface area contributed by atoms with Crippen molar-refractivity contribution in [3.8, 4) is 0 Å². The van der Waals surface area contributed by atoms with Crippen molar-refractivity contribution in [2.75, 3.05) is 0 Å². The van der Waals surface area contributed by atoms with Crippen LogP contribution in [0.1, 0.15) is 48.6 Å². The summed E-state index contributed by atoms with van der Waals surface area (Å²) in [6, 6.07) is 13.4. The van der Waals surface area contributed by atoms with Gasteiger partial charge in [-0.25, -0.2) is 13.1 Å². The van der Waals surface area contributed by atoms with Crippen molar-refractivity contribution in [3.05, 3.63) is 64.7 Å². The van der Waals surface area contributed by atoms with Crippen LogP contribution >= 0.6 is 0 Å². The fourth-order valence-electron chi connectivity index (χ4n) is 2.62. The third-order valence-electron chi connectivity index (χ3n) is 3.98. The van der Waals surface area contributed by atoms with Crippen molar-refractivity contribution in [2.24, 2.45) is 0 Å². The Morgan fingerprint density at radius 3 is 2.30 bits per heavy atom. The second kappa shape index (κ2) is 7.28. The van der Waals surface area contributed by atoms with Crippen molar-refractivity contribution in [3.63, 3.8) is 0 Å². The molecule has 0 aliphatic rings. The molecule has 0 heterocycles. The second-order valence-electron chi connectivity index (χ2n) is 6.10. The topological polar surface area (TPSA) is 46.2 Å². The lowest BCUT2D eigenvalue weighted by Crippen LogP contribution is -2.27. The molecule has 0 saturated heterocycles. The summed E-state index contributed by atoms with van der Waals surface area (Å²) in [7, 11) is -3.53. The third-order valence-corrected chi connectivity index (χ3v) is 5.67. The van der Waals surface area contributed by atoms with Crippen LogP contribution in [0, 0.1) is 13.8 Å². The van der Waals surface area contributed by atoms with E-state index in [0.717, 1.165) is 29.5 Å². The van der Waals surface area contributed by atoms with Crippen molar-refractivity contribution in [1.82, 2.24) is 4.72 Å². The molecular weight excluding hydrogens is 306 g/mol. The second-order valence-corrected chi connectivity index (χ2v) is 7.79. The highest BCUT2D eigenvalue weighted by molar-refractivity contribution is 7.89. The quantitative estimate of drug-likeness (QED) is 0.858. The van der Waals surface area contributed by atoms with Gasteiger partial charge in [-0.15, -0.1) is 0 Å². The highest BCUT2D eigenvalue weighted by Gasteiger charge is 2.20. The maximum atomic E-state index is 12.6. The van der Waals surface area contributed by atoms with Crippen LogP contribution in [0.4, 0.5) is 0 Å². The molecule has 0 amide bonds.